The van der Waals surface area contributed by atoms with Crippen LogP contribution in [0.4, 0.5) is 0 Å². The first-order chi connectivity index (χ1) is 7.11. The summed E-state index contributed by atoms with van der Waals surface area (Å²) in [5.74, 6) is 0.728. The summed E-state index contributed by atoms with van der Waals surface area (Å²) >= 11 is 0. The van der Waals surface area contributed by atoms with Gasteiger partial charge in [-0.05, 0) is 33.1 Å². The lowest BCUT2D eigenvalue weighted by atomic mass is 9.82. The van der Waals surface area contributed by atoms with E-state index in [1.54, 1.807) is 6.92 Å². The van der Waals surface area contributed by atoms with Crippen LogP contribution in [0.5, 0.6) is 0 Å². The first-order valence-electron chi connectivity index (χ1n) is 5.90. The van der Waals surface area contributed by atoms with Gasteiger partial charge in [0.15, 0.2) is 0 Å². The van der Waals surface area contributed by atoms with Gasteiger partial charge in [0.05, 0.1) is 18.1 Å². The van der Waals surface area contributed by atoms with Gasteiger partial charge in [-0.25, -0.2) is 0 Å². The van der Waals surface area contributed by atoms with Crippen molar-refractivity contribution in [1.29, 1.82) is 0 Å². The van der Waals surface area contributed by atoms with Gasteiger partial charge in [0.1, 0.15) is 5.78 Å². The second kappa shape index (κ2) is 5.45. The zero-order valence-corrected chi connectivity index (χ0v) is 10.2. The Bertz CT molecular complexity index is 245. The molecule has 0 aromatic rings. The Hall–Kier alpha value is -0.630. The van der Waals surface area contributed by atoms with Crippen LogP contribution >= 0.6 is 0 Å². The van der Waals surface area contributed by atoms with Crippen LogP contribution in [0, 0.1) is 11.8 Å². The maximum atomic E-state index is 11.6. The minimum absolute atomic E-state index is 0.000880. The molecular formula is C13H22O2. The van der Waals surface area contributed by atoms with Crippen LogP contribution in [-0.4, -0.2) is 18.0 Å². The van der Waals surface area contributed by atoms with Crippen molar-refractivity contribution in [2.75, 3.05) is 0 Å². The van der Waals surface area contributed by atoms with Gasteiger partial charge in [-0.2, -0.15) is 0 Å². The zero-order chi connectivity index (χ0) is 11.4. The van der Waals surface area contributed by atoms with E-state index in [1.165, 1.54) is 0 Å². The molecule has 4 atom stereocenters. The third-order valence-corrected chi connectivity index (χ3v) is 3.26. The van der Waals surface area contributed by atoms with Crippen LogP contribution in [0.1, 0.15) is 40.5 Å². The third-order valence-electron chi connectivity index (χ3n) is 3.26. The molecule has 0 bridgehead atoms. The highest BCUT2D eigenvalue weighted by Crippen LogP contribution is 2.36. The number of ketones is 1. The lowest BCUT2D eigenvalue weighted by molar-refractivity contribution is -0.122. The Morgan fingerprint density at radius 3 is 2.60 bits per heavy atom. The standard InChI is InChI=1S/C13H22O2/c1-5-7-11-10(4)15-12(8-6-2)13(11)9(3)14/h6,8,10-13H,5,7H2,1-4H3/b8-6-. The lowest BCUT2D eigenvalue weighted by Gasteiger charge is -2.18. The highest BCUT2D eigenvalue weighted by Gasteiger charge is 2.42. The average Bonchev–Trinajstić information content (AvgIpc) is 2.44. The van der Waals surface area contributed by atoms with E-state index in [9.17, 15) is 4.79 Å². The maximum absolute atomic E-state index is 11.6. The fourth-order valence-electron chi connectivity index (χ4n) is 2.60. The second-order valence-corrected chi connectivity index (χ2v) is 4.42. The van der Waals surface area contributed by atoms with Gasteiger partial charge in [0.25, 0.3) is 0 Å². The Morgan fingerprint density at radius 1 is 1.47 bits per heavy atom. The number of rotatable bonds is 4. The van der Waals surface area contributed by atoms with Gasteiger partial charge in [-0.15, -0.1) is 0 Å². The van der Waals surface area contributed by atoms with Crippen LogP contribution in [-0.2, 0) is 9.53 Å². The number of allylic oxidation sites excluding steroid dienone is 1. The van der Waals surface area contributed by atoms with E-state index >= 15 is 0 Å². The summed E-state index contributed by atoms with van der Waals surface area (Å²) in [5, 5.41) is 0. The lowest BCUT2D eigenvalue weighted by Crippen LogP contribution is -2.27. The summed E-state index contributed by atoms with van der Waals surface area (Å²) in [5.41, 5.74) is 0. The molecule has 15 heavy (non-hydrogen) atoms. The van der Waals surface area contributed by atoms with E-state index in [4.69, 9.17) is 4.74 Å². The molecule has 0 N–H and O–H groups in total. The smallest absolute Gasteiger partial charge is 0.136 e. The normalized spacial score (nSPS) is 36.3. The fourth-order valence-corrected chi connectivity index (χ4v) is 2.60. The Morgan fingerprint density at radius 2 is 2.13 bits per heavy atom. The van der Waals surface area contributed by atoms with Crippen LogP contribution in [0.3, 0.4) is 0 Å². The summed E-state index contributed by atoms with van der Waals surface area (Å²) in [4.78, 5) is 11.6. The van der Waals surface area contributed by atoms with Crippen molar-refractivity contribution < 1.29 is 9.53 Å². The van der Waals surface area contributed by atoms with Gasteiger partial charge in [0.2, 0.25) is 0 Å². The Labute approximate surface area is 92.7 Å². The van der Waals surface area contributed by atoms with Crippen molar-refractivity contribution in [3.05, 3.63) is 12.2 Å². The van der Waals surface area contributed by atoms with Crippen molar-refractivity contribution in [2.24, 2.45) is 11.8 Å². The topological polar surface area (TPSA) is 26.3 Å². The monoisotopic (exact) mass is 210 g/mol. The maximum Gasteiger partial charge on any atom is 0.136 e. The van der Waals surface area contributed by atoms with Crippen LogP contribution in [0.15, 0.2) is 12.2 Å². The van der Waals surface area contributed by atoms with Crippen molar-refractivity contribution >= 4 is 5.78 Å². The first kappa shape index (κ1) is 12.4. The molecule has 0 spiro atoms. The largest absolute Gasteiger partial charge is 0.370 e. The van der Waals surface area contributed by atoms with Gasteiger partial charge in [0, 0.05) is 0 Å². The number of hydrogen-bond acceptors (Lipinski definition) is 2. The molecule has 2 heteroatoms. The molecular weight excluding hydrogens is 188 g/mol. The molecule has 0 aliphatic carbocycles. The molecule has 1 saturated heterocycles. The molecule has 0 amide bonds. The van der Waals surface area contributed by atoms with Gasteiger partial charge >= 0.3 is 0 Å². The molecule has 1 heterocycles. The number of carbonyl (C=O) groups is 1. The summed E-state index contributed by atoms with van der Waals surface area (Å²) in [6.45, 7) is 7.90. The predicted octanol–water partition coefficient (Wildman–Crippen LogP) is 2.97. The second-order valence-electron chi connectivity index (χ2n) is 4.42. The number of Topliss-reactive ketones (excluding diaryl/α,β-unsaturated/α-hetero) is 1. The van der Waals surface area contributed by atoms with Crippen molar-refractivity contribution in [3.8, 4) is 0 Å². The van der Waals surface area contributed by atoms with Crippen LogP contribution in [0.2, 0.25) is 0 Å². The van der Waals surface area contributed by atoms with Crippen molar-refractivity contribution in [1.82, 2.24) is 0 Å². The number of hydrogen-bond donors (Lipinski definition) is 0. The molecule has 4 unspecified atom stereocenters. The van der Waals surface area contributed by atoms with Gasteiger partial charge in [-0.3, -0.25) is 4.79 Å². The molecule has 1 aliphatic rings. The SMILES string of the molecule is C/C=C\C1OC(C)C(CCC)C1C(C)=O. The van der Waals surface area contributed by atoms with Gasteiger partial charge < -0.3 is 4.74 Å². The van der Waals surface area contributed by atoms with Crippen molar-refractivity contribution in [3.63, 3.8) is 0 Å². The molecule has 1 aliphatic heterocycles. The quantitative estimate of drug-likeness (QED) is 0.667. The van der Waals surface area contributed by atoms with E-state index in [-0.39, 0.29) is 23.9 Å². The molecule has 1 fully saturated rings. The molecule has 0 aromatic carbocycles. The minimum atomic E-state index is -0.000880. The highest BCUT2D eigenvalue weighted by atomic mass is 16.5. The van der Waals surface area contributed by atoms with E-state index in [0.29, 0.717) is 5.92 Å². The van der Waals surface area contributed by atoms with E-state index in [0.717, 1.165) is 12.8 Å². The molecule has 1 rings (SSSR count). The molecule has 0 aromatic heterocycles. The molecule has 2 nitrogen and oxygen atoms in total. The molecule has 0 saturated carbocycles. The van der Waals surface area contributed by atoms with Gasteiger partial charge in [-0.1, -0.05) is 25.5 Å². The highest BCUT2D eigenvalue weighted by molar-refractivity contribution is 5.80. The average molecular weight is 210 g/mol. The van der Waals surface area contributed by atoms with E-state index in [2.05, 4.69) is 13.8 Å². The van der Waals surface area contributed by atoms with Crippen molar-refractivity contribution in [2.45, 2.75) is 52.7 Å². The summed E-state index contributed by atoms with van der Waals surface area (Å²) in [6.07, 6.45) is 6.39. The first-order valence-corrected chi connectivity index (χ1v) is 5.90. The predicted molar refractivity (Wildman–Crippen MR) is 61.7 cm³/mol. The molecule has 0 radical (unpaired) electrons. The fraction of sp³-hybridized carbons (Fsp3) is 0.769. The summed E-state index contributed by atoms with van der Waals surface area (Å²) < 4.78 is 5.83. The number of ether oxygens (including phenoxy) is 1. The van der Waals surface area contributed by atoms with E-state index < -0.39 is 0 Å². The van der Waals surface area contributed by atoms with Crippen LogP contribution < -0.4 is 0 Å². The Kier molecular flexibility index (Phi) is 4.52. The number of carbonyl (C=O) groups excluding carboxylic acids is 1. The summed E-state index contributed by atoms with van der Waals surface area (Å²) in [7, 11) is 0. The third kappa shape index (κ3) is 2.69. The van der Waals surface area contributed by atoms with E-state index in [1.807, 2.05) is 19.1 Å². The minimum Gasteiger partial charge on any atom is -0.370 e. The van der Waals surface area contributed by atoms with Crippen LogP contribution in [0.25, 0.3) is 0 Å². The Balaban J connectivity index is 2.82. The zero-order valence-electron chi connectivity index (χ0n) is 10.2. The molecule has 86 valence electrons. The summed E-state index contributed by atoms with van der Waals surface area (Å²) in [6, 6.07) is 0.